The molecule has 0 saturated carbocycles. The molecule has 1 aromatic carbocycles. The summed E-state index contributed by atoms with van der Waals surface area (Å²) in [4.78, 5) is 24.1. The number of allylic oxidation sites excluding steroid dienone is 1. The summed E-state index contributed by atoms with van der Waals surface area (Å²) in [5.41, 5.74) is 0.0134. The third-order valence-corrected chi connectivity index (χ3v) is 6.98. The maximum Gasteiger partial charge on any atom is 0.408 e. The summed E-state index contributed by atoms with van der Waals surface area (Å²) in [5, 5.41) is 3.84. The van der Waals surface area contributed by atoms with Crippen molar-refractivity contribution in [2.75, 3.05) is 7.11 Å². The molecule has 0 aromatic heterocycles. The van der Waals surface area contributed by atoms with Crippen LogP contribution in [0.25, 0.3) is 0 Å². The minimum Gasteiger partial charge on any atom is -0.467 e. The van der Waals surface area contributed by atoms with E-state index in [-0.39, 0.29) is 0 Å². The highest BCUT2D eigenvalue weighted by Gasteiger charge is 2.27. The van der Waals surface area contributed by atoms with Crippen molar-refractivity contribution in [2.45, 2.75) is 51.6 Å². The number of hydrogen-bond donors (Lipinski definition) is 1. The Balaban J connectivity index is 3.02. The first-order valence-electron chi connectivity index (χ1n) is 8.29. The number of benzene rings is 1. The van der Waals surface area contributed by atoms with Crippen LogP contribution in [0.3, 0.4) is 0 Å². The van der Waals surface area contributed by atoms with E-state index in [9.17, 15) is 9.59 Å². The van der Waals surface area contributed by atoms with E-state index in [2.05, 4.69) is 25.0 Å². The van der Waals surface area contributed by atoms with E-state index in [1.807, 2.05) is 30.3 Å². The fraction of sp³-hybridized carbons (Fsp3) is 0.474. The van der Waals surface area contributed by atoms with E-state index in [1.165, 1.54) is 12.3 Å². The quantitative estimate of drug-likeness (QED) is 0.477. The fourth-order valence-electron chi connectivity index (χ4n) is 2.43. The highest BCUT2D eigenvalue weighted by molar-refractivity contribution is 6.90. The minimum atomic E-state index is -1.58. The highest BCUT2D eigenvalue weighted by atomic mass is 28.3. The Hall–Kier alpha value is -2.08. The molecule has 1 aromatic rings. The number of methoxy groups -OCH3 is 1. The van der Waals surface area contributed by atoms with Gasteiger partial charge in [0, 0.05) is 0 Å². The van der Waals surface area contributed by atoms with E-state index in [0.29, 0.717) is 5.56 Å². The van der Waals surface area contributed by atoms with Gasteiger partial charge in [-0.05, 0) is 32.4 Å². The monoisotopic (exact) mass is 363 g/mol. The summed E-state index contributed by atoms with van der Waals surface area (Å²) in [5.74, 6) is -0.541. The van der Waals surface area contributed by atoms with Gasteiger partial charge in [0.15, 0.2) is 6.04 Å². The number of hydrogen-bond acceptors (Lipinski definition) is 4. The molecule has 0 radical (unpaired) electrons. The lowest BCUT2D eigenvalue weighted by Crippen LogP contribution is -2.41. The van der Waals surface area contributed by atoms with Crippen LogP contribution in [0, 0.1) is 0 Å². The Bertz CT molecular complexity index is 617. The maximum atomic E-state index is 12.1. The largest absolute Gasteiger partial charge is 0.467 e. The summed E-state index contributed by atoms with van der Waals surface area (Å²) in [6.45, 7) is 13.6. The molecule has 25 heavy (non-hydrogen) atoms. The lowest BCUT2D eigenvalue weighted by atomic mass is 10.1. The Morgan fingerprint density at radius 1 is 1.24 bits per heavy atom. The van der Waals surface area contributed by atoms with Gasteiger partial charge < -0.3 is 14.8 Å². The van der Waals surface area contributed by atoms with Gasteiger partial charge in [-0.2, -0.15) is 0 Å². The molecule has 138 valence electrons. The lowest BCUT2D eigenvalue weighted by Gasteiger charge is -2.24. The molecular weight excluding hydrogens is 334 g/mol. The van der Waals surface area contributed by atoms with Crippen LogP contribution in [-0.4, -0.2) is 32.8 Å². The third-order valence-electron chi connectivity index (χ3n) is 3.78. The molecule has 0 aliphatic rings. The summed E-state index contributed by atoms with van der Waals surface area (Å²) in [6, 6.07) is 7.80. The first-order valence-corrected chi connectivity index (χ1v) is 11.5. The Morgan fingerprint density at radius 2 is 1.80 bits per heavy atom. The Kier molecular flexibility index (Phi) is 6.99. The summed E-state index contributed by atoms with van der Waals surface area (Å²) >= 11 is 0. The zero-order valence-electron chi connectivity index (χ0n) is 16.0. The standard InChI is InChI=1S/C19H29NO4Si/c1-8-13-25(6,7)15-11-9-14(10-12-15)16(17(21)23-5)20-18(22)24-19(2,3)4/h8-12,16H,1,13H2,2-7H3,(H,20,22)/t16-/m0/s1. The van der Waals surface area contributed by atoms with Gasteiger partial charge in [-0.15, -0.1) is 6.58 Å². The van der Waals surface area contributed by atoms with Crippen molar-refractivity contribution in [3.8, 4) is 0 Å². The van der Waals surface area contributed by atoms with E-state index in [0.717, 1.165) is 6.04 Å². The van der Waals surface area contributed by atoms with E-state index >= 15 is 0 Å². The molecule has 1 rings (SSSR count). The van der Waals surface area contributed by atoms with Gasteiger partial charge in [0.25, 0.3) is 0 Å². The average Bonchev–Trinajstić information content (AvgIpc) is 2.50. The molecule has 0 aliphatic heterocycles. The third kappa shape index (κ3) is 6.38. The molecule has 1 atom stereocenters. The molecule has 0 aliphatic carbocycles. The van der Waals surface area contributed by atoms with Crippen molar-refractivity contribution >= 4 is 25.3 Å². The first-order chi connectivity index (χ1) is 11.5. The number of carbonyl (C=O) groups excluding carboxylic acids is 2. The second-order valence-corrected chi connectivity index (χ2v) is 12.4. The number of rotatable bonds is 6. The van der Waals surface area contributed by atoms with Gasteiger partial charge >= 0.3 is 12.1 Å². The first kappa shape index (κ1) is 21.0. The minimum absolute atomic E-state index is 0.541. The molecule has 1 N–H and O–H groups in total. The molecule has 0 heterocycles. The SMILES string of the molecule is C=CC[Si](C)(C)c1ccc([C@H](NC(=O)OC(C)(C)C)C(=O)OC)cc1. The van der Waals surface area contributed by atoms with Crippen molar-refractivity contribution in [3.05, 3.63) is 42.5 Å². The highest BCUT2D eigenvalue weighted by Crippen LogP contribution is 2.17. The molecule has 5 nitrogen and oxygen atoms in total. The normalized spacial score (nSPS) is 12.9. The molecule has 1 amide bonds. The van der Waals surface area contributed by atoms with Crippen LogP contribution in [-0.2, 0) is 14.3 Å². The molecule has 0 fully saturated rings. The molecular formula is C19H29NO4Si. The predicted molar refractivity (Wildman–Crippen MR) is 103 cm³/mol. The summed E-state index contributed by atoms with van der Waals surface area (Å²) in [6.07, 6.45) is 1.29. The maximum absolute atomic E-state index is 12.1. The van der Waals surface area contributed by atoms with E-state index < -0.39 is 31.8 Å². The van der Waals surface area contributed by atoms with Gasteiger partial charge in [-0.25, -0.2) is 9.59 Å². The van der Waals surface area contributed by atoms with Crippen LogP contribution in [0.15, 0.2) is 36.9 Å². The number of carbonyl (C=O) groups is 2. The molecule has 6 heteroatoms. The fourth-order valence-corrected chi connectivity index (χ4v) is 4.45. The number of nitrogens with one attached hydrogen (secondary N) is 1. The topological polar surface area (TPSA) is 64.6 Å². The van der Waals surface area contributed by atoms with E-state index in [4.69, 9.17) is 9.47 Å². The molecule has 0 unspecified atom stereocenters. The molecule has 0 bridgehead atoms. The number of amides is 1. The average molecular weight is 364 g/mol. The second-order valence-electron chi connectivity index (χ2n) is 7.60. The zero-order valence-corrected chi connectivity index (χ0v) is 17.0. The smallest absolute Gasteiger partial charge is 0.408 e. The summed E-state index contributed by atoms with van der Waals surface area (Å²) < 4.78 is 10.1. The number of esters is 1. The van der Waals surface area contributed by atoms with Crippen molar-refractivity contribution in [3.63, 3.8) is 0 Å². The van der Waals surface area contributed by atoms with E-state index in [1.54, 1.807) is 20.8 Å². The number of ether oxygens (including phenoxy) is 2. The van der Waals surface area contributed by atoms with Crippen LogP contribution in [0.1, 0.15) is 32.4 Å². The van der Waals surface area contributed by atoms with Gasteiger partial charge in [0.2, 0.25) is 0 Å². The van der Waals surface area contributed by atoms with Crippen LogP contribution in [0.4, 0.5) is 4.79 Å². The molecule has 0 spiro atoms. The second kappa shape index (κ2) is 8.34. The van der Waals surface area contributed by atoms with Crippen LogP contribution < -0.4 is 10.5 Å². The van der Waals surface area contributed by atoms with Crippen molar-refractivity contribution in [2.24, 2.45) is 0 Å². The summed E-state index contributed by atoms with van der Waals surface area (Å²) in [7, 11) is -0.290. The predicted octanol–water partition coefficient (Wildman–Crippen LogP) is 3.53. The van der Waals surface area contributed by atoms with Gasteiger partial charge in [0.1, 0.15) is 5.60 Å². The lowest BCUT2D eigenvalue weighted by molar-refractivity contribution is -0.143. The molecule has 0 saturated heterocycles. The Labute approximate surface area is 151 Å². The van der Waals surface area contributed by atoms with Crippen LogP contribution in [0.2, 0.25) is 19.1 Å². The van der Waals surface area contributed by atoms with Gasteiger partial charge in [-0.3, -0.25) is 0 Å². The van der Waals surface area contributed by atoms with Crippen molar-refractivity contribution in [1.82, 2.24) is 5.32 Å². The van der Waals surface area contributed by atoms with Crippen LogP contribution in [0.5, 0.6) is 0 Å². The van der Waals surface area contributed by atoms with Crippen molar-refractivity contribution in [1.29, 1.82) is 0 Å². The zero-order chi connectivity index (χ0) is 19.3. The number of alkyl carbamates (subject to hydrolysis) is 1. The van der Waals surface area contributed by atoms with Crippen molar-refractivity contribution < 1.29 is 19.1 Å². The van der Waals surface area contributed by atoms with Gasteiger partial charge in [-0.1, -0.05) is 48.6 Å². The van der Waals surface area contributed by atoms with Gasteiger partial charge in [0.05, 0.1) is 15.2 Å². The van der Waals surface area contributed by atoms with Crippen LogP contribution >= 0.6 is 0 Å². The Morgan fingerprint density at radius 3 is 2.24 bits per heavy atom.